The lowest BCUT2D eigenvalue weighted by Gasteiger charge is -2.16. The van der Waals surface area contributed by atoms with Crippen molar-refractivity contribution in [1.29, 1.82) is 0 Å². The van der Waals surface area contributed by atoms with Crippen molar-refractivity contribution in [3.05, 3.63) is 63.6 Å². The van der Waals surface area contributed by atoms with Gasteiger partial charge in [0.1, 0.15) is 0 Å². The first-order chi connectivity index (χ1) is 13.6. The van der Waals surface area contributed by atoms with Gasteiger partial charge in [-0.15, -0.1) is 0 Å². The molecular weight excluding hydrogens is 437 g/mol. The Morgan fingerprint density at radius 1 is 1.00 bits per heavy atom. The molecule has 0 bridgehead atoms. The fourth-order valence-corrected chi connectivity index (χ4v) is 3.98. The normalized spacial score (nSPS) is 12.3. The number of hydrogen-bond acceptors (Lipinski definition) is 4. The van der Waals surface area contributed by atoms with Gasteiger partial charge in [0.15, 0.2) is 0 Å². The third-order valence-electron chi connectivity index (χ3n) is 4.01. The first-order valence-electron chi connectivity index (χ1n) is 8.66. The molecule has 156 valence electrons. The van der Waals surface area contributed by atoms with Gasteiger partial charge in [0.05, 0.1) is 24.0 Å². The third kappa shape index (κ3) is 7.01. The highest BCUT2D eigenvalue weighted by Crippen LogP contribution is 2.25. The van der Waals surface area contributed by atoms with Gasteiger partial charge in [-0.2, -0.15) is 0 Å². The maximum Gasteiger partial charge on any atom is 0.241 e. The van der Waals surface area contributed by atoms with E-state index in [0.29, 0.717) is 15.6 Å². The van der Waals surface area contributed by atoms with Crippen LogP contribution < -0.4 is 15.4 Å². The number of benzene rings is 2. The highest BCUT2D eigenvalue weighted by Gasteiger charge is 2.17. The van der Waals surface area contributed by atoms with E-state index in [2.05, 4.69) is 15.4 Å². The van der Waals surface area contributed by atoms with Crippen molar-refractivity contribution in [3.63, 3.8) is 0 Å². The Hall–Kier alpha value is -2.13. The van der Waals surface area contributed by atoms with Gasteiger partial charge < -0.3 is 10.6 Å². The summed E-state index contributed by atoms with van der Waals surface area (Å²) in [6, 6.07) is 10.8. The van der Waals surface area contributed by atoms with Gasteiger partial charge in [-0.1, -0.05) is 47.0 Å². The molecule has 2 rings (SSSR count). The summed E-state index contributed by atoms with van der Waals surface area (Å²) < 4.78 is 26.5. The molecule has 10 heteroatoms. The Morgan fingerprint density at radius 3 is 2.28 bits per heavy atom. The van der Waals surface area contributed by atoms with Crippen molar-refractivity contribution in [2.24, 2.45) is 0 Å². The predicted molar refractivity (Wildman–Crippen MR) is 112 cm³/mol. The van der Waals surface area contributed by atoms with Gasteiger partial charge in [0.25, 0.3) is 0 Å². The van der Waals surface area contributed by atoms with Crippen molar-refractivity contribution in [1.82, 2.24) is 15.4 Å². The van der Waals surface area contributed by atoms with E-state index < -0.39 is 34.4 Å². The standard InChI is InChI=1S/C19H21Cl2N3O4S/c1-12-3-6-15(7-4-12)29(27,28)23-11-18(25)22-10-19(26)24-13(2)16-8-5-14(20)9-17(16)21/h3-9,13,23H,10-11H2,1-2H3,(H,22,25)(H,24,26). The zero-order chi connectivity index (χ0) is 21.6. The zero-order valence-corrected chi connectivity index (χ0v) is 18.2. The second kappa shape index (κ2) is 10.1. The molecule has 29 heavy (non-hydrogen) atoms. The van der Waals surface area contributed by atoms with E-state index >= 15 is 0 Å². The van der Waals surface area contributed by atoms with Crippen molar-refractivity contribution in [3.8, 4) is 0 Å². The monoisotopic (exact) mass is 457 g/mol. The second-order valence-electron chi connectivity index (χ2n) is 6.37. The second-order valence-corrected chi connectivity index (χ2v) is 8.98. The summed E-state index contributed by atoms with van der Waals surface area (Å²) in [6.07, 6.45) is 0. The minimum Gasteiger partial charge on any atom is -0.348 e. The number of halogens is 2. The molecule has 7 nitrogen and oxygen atoms in total. The molecule has 0 spiro atoms. The average molecular weight is 458 g/mol. The fraction of sp³-hybridized carbons (Fsp3) is 0.263. The van der Waals surface area contributed by atoms with Gasteiger partial charge in [-0.3, -0.25) is 9.59 Å². The summed E-state index contributed by atoms with van der Waals surface area (Å²) in [4.78, 5) is 24.0. The molecule has 0 radical (unpaired) electrons. The van der Waals surface area contributed by atoms with E-state index in [1.807, 2.05) is 6.92 Å². The number of amides is 2. The van der Waals surface area contributed by atoms with Gasteiger partial charge in [-0.25, -0.2) is 13.1 Å². The highest BCUT2D eigenvalue weighted by molar-refractivity contribution is 7.89. The Morgan fingerprint density at radius 2 is 1.66 bits per heavy atom. The molecule has 0 saturated carbocycles. The SMILES string of the molecule is Cc1ccc(S(=O)(=O)NCC(=O)NCC(=O)NC(C)c2ccc(Cl)cc2Cl)cc1. The lowest BCUT2D eigenvalue weighted by Crippen LogP contribution is -2.42. The maximum absolute atomic E-state index is 12.2. The van der Waals surface area contributed by atoms with E-state index in [0.717, 1.165) is 5.56 Å². The molecule has 0 fully saturated rings. The average Bonchev–Trinajstić information content (AvgIpc) is 2.65. The van der Waals surface area contributed by atoms with Crippen LogP contribution in [0.4, 0.5) is 0 Å². The van der Waals surface area contributed by atoms with E-state index in [9.17, 15) is 18.0 Å². The number of rotatable bonds is 8. The van der Waals surface area contributed by atoms with Crippen LogP contribution in [0.25, 0.3) is 0 Å². The minimum atomic E-state index is -3.81. The molecule has 3 N–H and O–H groups in total. The van der Waals surface area contributed by atoms with E-state index in [-0.39, 0.29) is 11.4 Å². The first kappa shape index (κ1) is 23.2. The van der Waals surface area contributed by atoms with Crippen molar-refractivity contribution < 1.29 is 18.0 Å². The smallest absolute Gasteiger partial charge is 0.241 e. The summed E-state index contributed by atoms with van der Waals surface area (Å²) in [6.45, 7) is 2.79. The Kier molecular flexibility index (Phi) is 8.04. The number of carbonyl (C=O) groups excluding carboxylic acids is 2. The Balaban J connectivity index is 1.81. The molecule has 0 aliphatic rings. The highest BCUT2D eigenvalue weighted by atomic mass is 35.5. The molecule has 0 aliphatic carbocycles. The van der Waals surface area contributed by atoms with Crippen molar-refractivity contribution >= 4 is 45.0 Å². The molecule has 1 atom stereocenters. The van der Waals surface area contributed by atoms with Crippen LogP contribution in [0.1, 0.15) is 24.1 Å². The van der Waals surface area contributed by atoms with E-state index in [1.54, 1.807) is 37.3 Å². The van der Waals surface area contributed by atoms with Crippen LogP contribution in [0.3, 0.4) is 0 Å². The molecule has 0 aliphatic heterocycles. The predicted octanol–water partition coefficient (Wildman–Crippen LogP) is 2.57. The molecule has 2 aromatic carbocycles. The third-order valence-corrected chi connectivity index (χ3v) is 5.99. The van der Waals surface area contributed by atoms with E-state index in [1.165, 1.54) is 12.1 Å². The summed E-state index contributed by atoms with van der Waals surface area (Å²) in [5.41, 5.74) is 1.60. The maximum atomic E-state index is 12.2. The zero-order valence-electron chi connectivity index (χ0n) is 15.8. The molecule has 0 heterocycles. The number of aryl methyl sites for hydroxylation is 1. The molecule has 1 unspecified atom stereocenters. The van der Waals surface area contributed by atoms with Crippen LogP contribution in [-0.2, 0) is 19.6 Å². The molecule has 2 aromatic rings. The fourth-order valence-electron chi connectivity index (χ4n) is 2.43. The van der Waals surface area contributed by atoms with Crippen LogP contribution >= 0.6 is 23.2 Å². The lowest BCUT2D eigenvalue weighted by atomic mass is 10.1. The van der Waals surface area contributed by atoms with Gasteiger partial charge in [0.2, 0.25) is 21.8 Å². The quantitative estimate of drug-likeness (QED) is 0.566. The van der Waals surface area contributed by atoms with Crippen LogP contribution in [0.15, 0.2) is 47.4 Å². The Labute approximate surface area is 179 Å². The molecular formula is C19H21Cl2N3O4S. The lowest BCUT2D eigenvalue weighted by molar-refractivity contribution is -0.125. The molecule has 0 aromatic heterocycles. The van der Waals surface area contributed by atoms with Gasteiger partial charge in [0, 0.05) is 10.0 Å². The topological polar surface area (TPSA) is 104 Å². The van der Waals surface area contributed by atoms with Crippen molar-refractivity contribution in [2.45, 2.75) is 24.8 Å². The molecule has 0 saturated heterocycles. The van der Waals surface area contributed by atoms with Crippen LogP contribution in [0.2, 0.25) is 10.0 Å². The number of nitrogens with one attached hydrogen (secondary N) is 3. The van der Waals surface area contributed by atoms with Crippen LogP contribution in [-0.4, -0.2) is 33.3 Å². The number of hydrogen-bond donors (Lipinski definition) is 3. The van der Waals surface area contributed by atoms with Crippen LogP contribution in [0, 0.1) is 6.92 Å². The summed E-state index contributed by atoms with van der Waals surface area (Å²) >= 11 is 12.0. The summed E-state index contributed by atoms with van der Waals surface area (Å²) in [5, 5.41) is 5.96. The minimum absolute atomic E-state index is 0.0577. The summed E-state index contributed by atoms with van der Waals surface area (Å²) in [5.74, 6) is -1.08. The van der Waals surface area contributed by atoms with Gasteiger partial charge in [-0.05, 0) is 43.7 Å². The van der Waals surface area contributed by atoms with Crippen molar-refractivity contribution in [2.75, 3.05) is 13.1 Å². The molecule has 2 amide bonds. The van der Waals surface area contributed by atoms with Crippen LogP contribution in [0.5, 0.6) is 0 Å². The van der Waals surface area contributed by atoms with Gasteiger partial charge >= 0.3 is 0 Å². The number of carbonyl (C=O) groups is 2. The Bertz CT molecular complexity index is 995. The largest absolute Gasteiger partial charge is 0.348 e. The van der Waals surface area contributed by atoms with E-state index in [4.69, 9.17) is 23.2 Å². The first-order valence-corrected chi connectivity index (χ1v) is 10.9. The number of sulfonamides is 1. The summed E-state index contributed by atoms with van der Waals surface area (Å²) in [7, 11) is -3.81.